The molecule has 6 rings (SSSR count). The molecule has 18 heavy (non-hydrogen) atoms. The third kappa shape index (κ3) is 1.05. The van der Waals surface area contributed by atoms with Gasteiger partial charge in [0.2, 0.25) is 0 Å². The van der Waals surface area contributed by atoms with Crippen LogP contribution in [-0.4, -0.2) is 36.5 Å². The fourth-order valence-electron chi connectivity index (χ4n) is 6.27. The van der Waals surface area contributed by atoms with Crippen LogP contribution in [0, 0.1) is 17.3 Å². The molecule has 2 unspecified atom stereocenters. The van der Waals surface area contributed by atoms with Crippen molar-refractivity contribution >= 4 is 0 Å². The second-order valence-electron chi connectivity index (χ2n) is 7.17. The zero-order valence-electron chi connectivity index (χ0n) is 11.1. The van der Waals surface area contributed by atoms with E-state index in [1.54, 1.807) is 0 Å². The van der Waals surface area contributed by atoms with Crippen LogP contribution in [-0.2, 0) is 4.74 Å². The van der Waals surface area contributed by atoms with Gasteiger partial charge in [0.05, 0.1) is 12.3 Å². The number of hydrogen-bond donors (Lipinski definition) is 1. The van der Waals surface area contributed by atoms with Gasteiger partial charge in [-0.25, -0.2) is 0 Å². The summed E-state index contributed by atoms with van der Waals surface area (Å²) in [6.45, 7) is 2.49. The summed E-state index contributed by atoms with van der Waals surface area (Å²) in [5, 5.41) is 3.87. The molecule has 3 nitrogen and oxygen atoms in total. The Kier molecular flexibility index (Phi) is 2.07. The van der Waals surface area contributed by atoms with E-state index in [1.807, 2.05) is 0 Å². The molecular weight excluding hydrogens is 224 g/mol. The molecule has 7 atom stereocenters. The molecule has 3 heteroatoms. The zero-order valence-corrected chi connectivity index (χ0v) is 11.1. The highest BCUT2D eigenvalue weighted by atomic mass is 16.5. The van der Waals surface area contributed by atoms with Gasteiger partial charge in [0.15, 0.2) is 0 Å². The Labute approximate surface area is 109 Å². The Bertz CT molecular complexity index is 351. The molecule has 5 heterocycles. The van der Waals surface area contributed by atoms with E-state index >= 15 is 0 Å². The first kappa shape index (κ1) is 10.6. The summed E-state index contributed by atoms with van der Waals surface area (Å²) in [6, 6.07) is 0. The summed E-state index contributed by atoms with van der Waals surface area (Å²) in [4.78, 5) is 2.70. The summed E-state index contributed by atoms with van der Waals surface area (Å²) in [5.41, 5.74) is 0.482. The van der Waals surface area contributed by atoms with Crippen molar-refractivity contribution < 1.29 is 4.74 Å². The first-order valence-electron chi connectivity index (χ1n) is 8.06. The van der Waals surface area contributed by atoms with Crippen LogP contribution in [0.4, 0.5) is 0 Å². The second-order valence-corrected chi connectivity index (χ2v) is 7.17. The standard InChI is InChI=1S/C15H24N2O/c1-5-11-10-4-2-9-17-13(10)18-12(6-1)15(11)7-3-8-16-14(15)17/h10-14,16H,1-9H2/t10-,11+,12-,13?,14+,15-/m1/s1. The molecule has 6 aliphatic rings. The third-order valence-corrected chi connectivity index (χ3v) is 6.70. The van der Waals surface area contributed by atoms with Gasteiger partial charge < -0.3 is 10.1 Å². The van der Waals surface area contributed by atoms with Crippen molar-refractivity contribution in [2.75, 3.05) is 13.1 Å². The molecule has 5 aliphatic heterocycles. The number of rotatable bonds is 0. The van der Waals surface area contributed by atoms with Gasteiger partial charge in [-0.3, -0.25) is 4.90 Å². The van der Waals surface area contributed by atoms with E-state index in [0.29, 0.717) is 23.9 Å². The highest BCUT2D eigenvalue weighted by Gasteiger charge is 2.68. The molecular formula is C15H24N2O. The SMILES string of the molecule is C1C[C@H]2OC3[C@@H]4CCCN3[C@@H]3NCCC[C@@]23[C@H]4C1. The fraction of sp³-hybridized carbons (Fsp3) is 1.00. The highest BCUT2D eigenvalue weighted by Crippen LogP contribution is 2.63. The lowest BCUT2D eigenvalue weighted by Gasteiger charge is -2.72. The number of piperidine rings is 3. The number of ether oxygens (including phenoxy) is 1. The van der Waals surface area contributed by atoms with Gasteiger partial charge in [-0.05, 0) is 51.0 Å². The summed E-state index contributed by atoms with van der Waals surface area (Å²) >= 11 is 0. The molecule has 0 aromatic heterocycles. The largest absolute Gasteiger partial charge is 0.359 e. The first-order chi connectivity index (χ1) is 8.91. The van der Waals surface area contributed by atoms with Gasteiger partial charge in [0.1, 0.15) is 6.23 Å². The second kappa shape index (κ2) is 3.50. The van der Waals surface area contributed by atoms with Crippen LogP contribution in [0.15, 0.2) is 0 Å². The highest BCUT2D eigenvalue weighted by molar-refractivity contribution is 5.15. The molecule has 1 N–H and O–H groups in total. The van der Waals surface area contributed by atoms with Crippen LogP contribution < -0.4 is 5.32 Å². The zero-order chi connectivity index (χ0) is 11.7. The van der Waals surface area contributed by atoms with Crippen LogP contribution in [0.2, 0.25) is 0 Å². The molecule has 6 fully saturated rings. The van der Waals surface area contributed by atoms with Crippen LogP contribution >= 0.6 is 0 Å². The minimum atomic E-state index is 0.464. The van der Waals surface area contributed by atoms with Crippen molar-refractivity contribution in [1.82, 2.24) is 10.2 Å². The first-order valence-corrected chi connectivity index (χ1v) is 8.06. The summed E-state index contributed by atoms with van der Waals surface area (Å²) in [5.74, 6) is 1.82. The van der Waals surface area contributed by atoms with Crippen molar-refractivity contribution in [3.8, 4) is 0 Å². The molecule has 1 aliphatic carbocycles. The molecule has 0 amide bonds. The molecule has 0 aromatic carbocycles. The van der Waals surface area contributed by atoms with E-state index in [-0.39, 0.29) is 0 Å². The Balaban J connectivity index is 1.66. The summed E-state index contributed by atoms with van der Waals surface area (Å²) in [7, 11) is 0. The fourth-order valence-corrected chi connectivity index (χ4v) is 6.27. The van der Waals surface area contributed by atoms with Crippen molar-refractivity contribution in [2.45, 2.75) is 63.4 Å². The predicted molar refractivity (Wildman–Crippen MR) is 68.9 cm³/mol. The number of nitrogens with zero attached hydrogens (tertiary/aromatic N) is 1. The van der Waals surface area contributed by atoms with E-state index < -0.39 is 0 Å². The van der Waals surface area contributed by atoms with Gasteiger partial charge in [-0.15, -0.1) is 0 Å². The Morgan fingerprint density at radius 1 is 1.11 bits per heavy atom. The van der Waals surface area contributed by atoms with Crippen molar-refractivity contribution in [2.24, 2.45) is 17.3 Å². The normalized spacial score (nSPS) is 61.3. The molecule has 1 saturated carbocycles. The van der Waals surface area contributed by atoms with Crippen LogP contribution in [0.3, 0.4) is 0 Å². The van der Waals surface area contributed by atoms with Crippen molar-refractivity contribution in [3.05, 3.63) is 0 Å². The monoisotopic (exact) mass is 248 g/mol. The lowest BCUT2D eigenvalue weighted by molar-refractivity contribution is -0.355. The van der Waals surface area contributed by atoms with Crippen LogP contribution in [0.1, 0.15) is 44.9 Å². The van der Waals surface area contributed by atoms with Gasteiger partial charge in [-0.1, -0.05) is 6.42 Å². The number of nitrogens with one attached hydrogen (secondary N) is 1. The van der Waals surface area contributed by atoms with Gasteiger partial charge in [-0.2, -0.15) is 0 Å². The van der Waals surface area contributed by atoms with Gasteiger partial charge in [0, 0.05) is 17.9 Å². The lowest BCUT2D eigenvalue weighted by Crippen LogP contribution is -2.80. The quantitative estimate of drug-likeness (QED) is 0.709. The summed E-state index contributed by atoms with van der Waals surface area (Å²) < 4.78 is 6.57. The van der Waals surface area contributed by atoms with Crippen molar-refractivity contribution in [1.29, 1.82) is 0 Å². The van der Waals surface area contributed by atoms with Gasteiger partial charge in [0.25, 0.3) is 0 Å². The minimum absolute atomic E-state index is 0.464. The maximum atomic E-state index is 6.57. The van der Waals surface area contributed by atoms with E-state index in [4.69, 9.17) is 4.74 Å². The van der Waals surface area contributed by atoms with E-state index in [9.17, 15) is 0 Å². The molecule has 0 radical (unpaired) electrons. The maximum Gasteiger partial charge on any atom is 0.115 e. The minimum Gasteiger partial charge on any atom is -0.359 e. The maximum absolute atomic E-state index is 6.57. The van der Waals surface area contributed by atoms with E-state index in [1.165, 1.54) is 58.0 Å². The van der Waals surface area contributed by atoms with Crippen molar-refractivity contribution in [3.63, 3.8) is 0 Å². The Hall–Kier alpha value is -0.120. The molecule has 5 saturated heterocycles. The number of hydrogen-bond acceptors (Lipinski definition) is 3. The molecule has 0 aromatic rings. The summed E-state index contributed by atoms with van der Waals surface area (Å²) in [6.07, 6.45) is 11.5. The topological polar surface area (TPSA) is 24.5 Å². The molecule has 100 valence electrons. The van der Waals surface area contributed by atoms with Gasteiger partial charge >= 0.3 is 0 Å². The Morgan fingerprint density at radius 3 is 3.11 bits per heavy atom. The molecule has 6 bridgehead atoms. The van der Waals surface area contributed by atoms with Crippen LogP contribution in [0.5, 0.6) is 0 Å². The average Bonchev–Trinajstić information content (AvgIpc) is 2.40. The lowest BCUT2D eigenvalue weighted by atomic mass is 9.50. The smallest absolute Gasteiger partial charge is 0.115 e. The van der Waals surface area contributed by atoms with E-state index in [2.05, 4.69) is 10.2 Å². The predicted octanol–water partition coefficient (Wildman–Crippen LogP) is 1.93. The average molecular weight is 248 g/mol. The Morgan fingerprint density at radius 2 is 2.11 bits per heavy atom. The van der Waals surface area contributed by atoms with Crippen LogP contribution in [0.25, 0.3) is 0 Å². The third-order valence-electron chi connectivity index (χ3n) is 6.70. The molecule has 1 spiro atoms. The van der Waals surface area contributed by atoms with E-state index in [0.717, 1.165) is 11.8 Å².